The molecule has 0 aliphatic heterocycles. The second-order valence-corrected chi connectivity index (χ2v) is 5.74. The highest BCUT2D eigenvalue weighted by atomic mass is 28.3. The van der Waals surface area contributed by atoms with E-state index in [9.17, 15) is 0 Å². The summed E-state index contributed by atoms with van der Waals surface area (Å²) >= 11 is 0. The van der Waals surface area contributed by atoms with Crippen LogP contribution < -0.4 is 4.98 Å². The third-order valence-corrected chi connectivity index (χ3v) is 2.58. The van der Waals surface area contributed by atoms with Gasteiger partial charge in [0.15, 0.2) is 0 Å². The first-order chi connectivity index (χ1) is 5.29. The topological polar surface area (TPSA) is 12.0 Å². The molecule has 0 spiro atoms. The molecular weight excluding hydrogens is 150 g/mol. The molecule has 0 saturated carbocycles. The van der Waals surface area contributed by atoms with Crippen molar-refractivity contribution in [2.45, 2.75) is 19.6 Å². The van der Waals surface area contributed by atoms with E-state index in [1.807, 2.05) is 0 Å². The summed E-state index contributed by atoms with van der Waals surface area (Å²) in [5.41, 5.74) is 1.38. The molecule has 0 unspecified atom stereocenters. The first kappa shape index (κ1) is 8.49. The van der Waals surface area contributed by atoms with Gasteiger partial charge >= 0.3 is 0 Å². The first-order valence-corrected chi connectivity index (χ1v) is 6.95. The van der Waals surface area contributed by atoms with E-state index in [1.165, 1.54) is 5.56 Å². The Morgan fingerprint density at radius 1 is 1.18 bits per heavy atom. The van der Waals surface area contributed by atoms with Gasteiger partial charge in [0.1, 0.15) is 8.96 Å². The summed E-state index contributed by atoms with van der Waals surface area (Å²) in [6, 6.07) is 10.5. The van der Waals surface area contributed by atoms with Gasteiger partial charge in [-0.25, -0.2) is 0 Å². The van der Waals surface area contributed by atoms with Crippen LogP contribution in [0, 0.1) is 0 Å². The number of hydrogen-bond donors (Lipinski definition) is 1. The molecular formula is C9H15NSi. The quantitative estimate of drug-likeness (QED) is 0.673. The Morgan fingerprint density at radius 3 is 2.36 bits per heavy atom. The lowest BCUT2D eigenvalue weighted by Crippen LogP contribution is -2.26. The largest absolute Gasteiger partial charge is 0.336 e. The summed E-state index contributed by atoms with van der Waals surface area (Å²) in [7, 11) is -0.590. The van der Waals surface area contributed by atoms with Crippen LogP contribution in [0.4, 0.5) is 0 Å². The Morgan fingerprint density at radius 2 is 1.82 bits per heavy atom. The molecule has 0 amide bonds. The molecule has 2 heteroatoms. The van der Waals surface area contributed by atoms with Crippen LogP contribution in [0.25, 0.3) is 0 Å². The standard InChI is InChI=1S/C9H15NSi/c1-11(2)10-8-9-6-4-3-5-7-9/h3-7,10-11H,8H2,1-2H3. The lowest BCUT2D eigenvalue weighted by Gasteiger charge is -2.05. The van der Waals surface area contributed by atoms with Crippen LogP contribution in [0.1, 0.15) is 5.56 Å². The zero-order chi connectivity index (χ0) is 8.10. The molecule has 0 saturated heterocycles. The van der Waals surface area contributed by atoms with Gasteiger partial charge in [0, 0.05) is 6.54 Å². The second kappa shape index (κ2) is 4.31. The van der Waals surface area contributed by atoms with Crippen LogP contribution in [0.3, 0.4) is 0 Å². The van der Waals surface area contributed by atoms with Gasteiger partial charge in [0.25, 0.3) is 0 Å². The highest BCUT2D eigenvalue weighted by Crippen LogP contribution is 1.96. The molecule has 1 rings (SSSR count). The van der Waals surface area contributed by atoms with Gasteiger partial charge in [-0.05, 0) is 5.56 Å². The van der Waals surface area contributed by atoms with Crippen molar-refractivity contribution in [2.75, 3.05) is 0 Å². The van der Waals surface area contributed by atoms with E-state index in [0.29, 0.717) is 0 Å². The molecule has 1 aromatic rings. The monoisotopic (exact) mass is 165 g/mol. The van der Waals surface area contributed by atoms with Crippen molar-refractivity contribution in [3.8, 4) is 0 Å². The summed E-state index contributed by atoms with van der Waals surface area (Å²) in [6.07, 6.45) is 0. The van der Waals surface area contributed by atoms with Crippen LogP contribution >= 0.6 is 0 Å². The van der Waals surface area contributed by atoms with E-state index >= 15 is 0 Å². The lowest BCUT2D eigenvalue weighted by atomic mass is 10.2. The second-order valence-electron chi connectivity index (χ2n) is 3.02. The van der Waals surface area contributed by atoms with E-state index in [0.717, 1.165) is 6.54 Å². The molecule has 0 radical (unpaired) electrons. The van der Waals surface area contributed by atoms with Crippen molar-refractivity contribution in [1.29, 1.82) is 0 Å². The van der Waals surface area contributed by atoms with E-state index in [1.54, 1.807) is 0 Å². The summed E-state index contributed by atoms with van der Waals surface area (Å²) in [5, 5.41) is 0. The molecule has 0 bridgehead atoms. The molecule has 1 N–H and O–H groups in total. The lowest BCUT2D eigenvalue weighted by molar-refractivity contribution is 0.935. The smallest absolute Gasteiger partial charge is 0.102 e. The van der Waals surface area contributed by atoms with Crippen molar-refractivity contribution in [3.05, 3.63) is 35.9 Å². The van der Waals surface area contributed by atoms with Crippen molar-refractivity contribution >= 4 is 8.96 Å². The Bertz CT molecular complexity index is 196. The van der Waals surface area contributed by atoms with Crippen LogP contribution in [0.2, 0.25) is 13.1 Å². The first-order valence-electron chi connectivity index (χ1n) is 4.06. The fraction of sp³-hybridized carbons (Fsp3) is 0.333. The van der Waals surface area contributed by atoms with Gasteiger partial charge in [-0.15, -0.1) is 0 Å². The van der Waals surface area contributed by atoms with E-state index in [4.69, 9.17) is 0 Å². The Balaban J connectivity index is 2.39. The van der Waals surface area contributed by atoms with E-state index in [-0.39, 0.29) is 0 Å². The van der Waals surface area contributed by atoms with Gasteiger partial charge in [-0.2, -0.15) is 0 Å². The normalized spacial score (nSPS) is 10.5. The van der Waals surface area contributed by atoms with Crippen molar-refractivity contribution < 1.29 is 0 Å². The number of benzene rings is 1. The minimum atomic E-state index is -0.590. The molecule has 1 aromatic carbocycles. The molecule has 60 valence electrons. The molecule has 0 aliphatic rings. The molecule has 1 nitrogen and oxygen atoms in total. The summed E-state index contributed by atoms with van der Waals surface area (Å²) in [5.74, 6) is 0. The molecule has 0 atom stereocenters. The maximum atomic E-state index is 3.50. The third kappa shape index (κ3) is 3.35. The maximum Gasteiger partial charge on any atom is 0.102 e. The average Bonchev–Trinajstić information content (AvgIpc) is 2.03. The predicted octanol–water partition coefficient (Wildman–Crippen LogP) is 1.76. The Labute approximate surface area is 70.1 Å². The van der Waals surface area contributed by atoms with Crippen LogP contribution in [-0.2, 0) is 6.54 Å². The molecule has 0 aromatic heterocycles. The van der Waals surface area contributed by atoms with Crippen molar-refractivity contribution in [1.82, 2.24) is 4.98 Å². The van der Waals surface area contributed by atoms with E-state index < -0.39 is 8.96 Å². The van der Waals surface area contributed by atoms with Gasteiger partial charge in [-0.1, -0.05) is 43.4 Å². The van der Waals surface area contributed by atoms with Gasteiger partial charge < -0.3 is 4.98 Å². The maximum absolute atomic E-state index is 3.50. The summed E-state index contributed by atoms with van der Waals surface area (Å²) in [4.78, 5) is 3.50. The summed E-state index contributed by atoms with van der Waals surface area (Å²) < 4.78 is 0. The highest BCUT2D eigenvalue weighted by molar-refractivity contribution is 6.52. The highest BCUT2D eigenvalue weighted by Gasteiger charge is 1.93. The molecule has 0 fully saturated rings. The van der Waals surface area contributed by atoms with E-state index in [2.05, 4.69) is 48.4 Å². The van der Waals surface area contributed by atoms with Crippen LogP contribution in [0.15, 0.2) is 30.3 Å². The third-order valence-electron chi connectivity index (χ3n) is 1.56. The predicted molar refractivity (Wildman–Crippen MR) is 52.2 cm³/mol. The number of rotatable bonds is 3. The minimum absolute atomic E-state index is 0.590. The number of nitrogens with one attached hydrogen (secondary N) is 1. The average molecular weight is 165 g/mol. The summed E-state index contributed by atoms with van der Waals surface area (Å²) in [6.45, 7) is 5.62. The number of hydrogen-bond acceptors (Lipinski definition) is 1. The fourth-order valence-corrected chi connectivity index (χ4v) is 1.56. The van der Waals surface area contributed by atoms with Crippen molar-refractivity contribution in [2.24, 2.45) is 0 Å². The zero-order valence-electron chi connectivity index (χ0n) is 7.17. The molecule has 11 heavy (non-hydrogen) atoms. The fourth-order valence-electron chi connectivity index (χ4n) is 0.918. The Hall–Kier alpha value is -0.603. The van der Waals surface area contributed by atoms with Crippen LogP contribution in [-0.4, -0.2) is 8.96 Å². The van der Waals surface area contributed by atoms with Gasteiger partial charge in [0.05, 0.1) is 0 Å². The molecule has 0 aliphatic carbocycles. The SMILES string of the molecule is C[SiH](C)NCc1ccccc1. The zero-order valence-corrected chi connectivity index (χ0v) is 8.33. The van der Waals surface area contributed by atoms with Crippen LogP contribution in [0.5, 0.6) is 0 Å². The van der Waals surface area contributed by atoms with Crippen molar-refractivity contribution in [3.63, 3.8) is 0 Å². The minimum Gasteiger partial charge on any atom is -0.336 e. The Kier molecular flexibility index (Phi) is 3.33. The van der Waals surface area contributed by atoms with Gasteiger partial charge in [-0.3, -0.25) is 0 Å². The van der Waals surface area contributed by atoms with Gasteiger partial charge in [0.2, 0.25) is 0 Å². The molecule has 0 heterocycles.